The zero-order chi connectivity index (χ0) is 12.4. The third kappa shape index (κ3) is 2.13. The molecular weight excluding hydrogens is 222 g/mol. The molecule has 1 heterocycles. The van der Waals surface area contributed by atoms with E-state index in [1.54, 1.807) is 0 Å². The van der Waals surface area contributed by atoms with E-state index in [0.717, 1.165) is 22.3 Å². The SMILES string of the molecule is Nc1ccc(NC2CCCCC2)c2ncccc12. The summed E-state index contributed by atoms with van der Waals surface area (Å²) in [5.41, 5.74) is 8.90. The highest BCUT2D eigenvalue weighted by Crippen LogP contribution is 2.29. The van der Waals surface area contributed by atoms with Gasteiger partial charge in [-0.2, -0.15) is 0 Å². The minimum absolute atomic E-state index is 0.590. The van der Waals surface area contributed by atoms with Crippen molar-refractivity contribution in [3.8, 4) is 0 Å². The number of nitrogens with one attached hydrogen (secondary N) is 1. The van der Waals surface area contributed by atoms with Crippen molar-refractivity contribution in [1.82, 2.24) is 4.98 Å². The van der Waals surface area contributed by atoms with Crippen LogP contribution in [0.1, 0.15) is 32.1 Å². The minimum atomic E-state index is 0.590. The lowest BCUT2D eigenvalue weighted by atomic mass is 9.95. The molecule has 3 rings (SSSR count). The number of pyridine rings is 1. The van der Waals surface area contributed by atoms with Crippen molar-refractivity contribution in [3.05, 3.63) is 30.5 Å². The van der Waals surface area contributed by atoms with Gasteiger partial charge in [-0.3, -0.25) is 4.98 Å². The molecule has 0 spiro atoms. The van der Waals surface area contributed by atoms with E-state index in [1.165, 1.54) is 32.1 Å². The first-order valence-electron chi connectivity index (χ1n) is 6.74. The van der Waals surface area contributed by atoms with Gasteiger partial charge in [-0.25, -0.2) is 0 Å². The van der Waals surface area contributed by atoms with Gasteiger partial charge in [0, 0.05) is 23.3 Å². The molecule has 1 aromatic carbocycles. The van der Waals surface area contributed by atoms with Gasteiger partial charge in [0.2, 0.25) is 0 Å². The molecular formula is C15H19N3. The molecule has 2 aromatic rings. The second-order valence-corrected chi connectivity index (χ2v) is 5.08. The molecule has 1 aromatic heterocycles. The number of hydrogen-bond donors (Lipinski definition) is 2. The number of nitrogen functional groups attached to an aromatic ring is 1. The van der Waals surface area contributed by atoms with E-state index < -0.39 is 0 Å². The van der Waals surface area contributed by atoms with Crippen LogP contribution in [0.25, 0.3) is 10.9 Å². The predicted octanol–water partition coefficient (Wildman–Crippen LogP) is 3.56. The van der Waals surface area contributed by atoms with Crippen molar-refractivity contribution in [2.45, 2.75) is 38.1 Å². The Hall–Kier alpha value is -1.77. The number of benzene rings is 1. The first kappa shape index (κ1) is 11.3. The van der Waals surface area contributed by atoms with E-state index in [1.807, 2.05) is 24.4 Å². The summed E-state index contributed by atoms with van der Waals surface area (Å²) in [5, 5.41) is 4.67. The van der Waals surface area contributed by atoms with Crippen molar-refractivity contribution >= 4 is 22.3 Å². The summed E-state index contributed by atoms with van der Waals surface area (Å²) in [6.45, 7) is 0. The molecule has 0 bridgehead atoms. The van der Waals surface area contributed by atoms with E-state index in [-0.39, 0.29) is 0 Å². The molecule has 3 nitrogen and oxygen atoms in total. The van der Waals surface area contributed by atoms with Crippen LogP contribution in [0.15, 0.2) is 30.5 Å². The van der Waals surface area contributed by atoms with E-state index in [2.05, 4.69) is 16.4 Å². The maximum atomic E-state index is 5.99. The van der Waals surface area contributed by atoms with Crippen LogP contribution in [0.5, 0.6) is 0 Å². The van der Waals surface area contributed by atoms with Crippen molar-refractivity contribution in [1.29, 1.82) is 0 Å². The Morgan fingerprint density at radius 3 is 2.78 bits per heavy atom. The van der Waals surface area contributed by atoms with Crippen LogP contribution in [-0.4, -0.2) is 11.0 Å². The summed E-state index contributed by atoms with van der Waals surface area (Å²) in [5.74, 6) is 0. The van der Waals surface area contributed by atoms with Crippen LogP contribution in [0.4, 0.5) is 11.4 Å². The number of nitrogens with two attached hydrogens (primary N) is 1. The second-order valence-electron chi connectivity index (χ2n) is 5.08. The standard InChI is InChI=1S/C15H19N3/c16-13-8-9-14(15-12(13)7-4-10-17-15)18-11-5-2-1-3-6-11/h4,7-11,18H,1-3,5-6,16H2. The van der Waals surface area contributed by atoms with Crippen LogP contribution in [-0.2, 0) is 0 Å². The van der Waals surface area contributed by atoms with E-state index in [4.69, 9.17) is 5.73 Å². The van der Waals surface area contributed by atoms with Crippen molar-refractivity contribution in [2.24, 2.45) is 0 Å². The van der Waals surface area contributed by atoms with Crippen LogP contribution in [0, 0.1) is 0 Å². The lowest BCUT2D eigenvalue weighted by molar-refractivity contribution is 0.463. The van der Waals surface area contributed by atoms with Crippen molar-refractivity contribution in [3.63, 3.8) is 0 Å². The Morgan fingerprint density at radius 2 is 1.94 bits per heavy atom. The first-order chi connectivity index (χ1) is 8.84. The number of fused-ring (bicyclic) bond motifs is 1. The molecule has 0 amide bonds. The van der Waals surface area contributed by atoms with Gasteiger partial charge in [0.25, 0.3) is 0 Å². The lowest BCUT2D eigenvalue weighted by Crippen LogP contribution is -2.22. The quantitative estimate of drug-likeness (QED) is 0.790. The molecule has 3 heteroatoms. The van der Waals surface area contributed by atoms with Crippen LogP contribution >= 0.6 is 0 Å². The van der Waals surface area contributed by atoms with E-state index in [0.29, 0.717) is 6.04 Å². The third-order valence-electron chi connectivity index (χ3n) is 3.77. The highest BCUT2D eigenvalue weighted by Gasteiger charge is 2.14. The van der Waals surface area contributed by atoms with Gasteiger partial charge in [-0.1, -0.05) is 19.3 Å². The van der Waals surface area contributed by atoms with Gasteiger partial charge in [-0.15, -0.1) is 0 Å². The van der Waals surface area contributed by atoms with Crippen molar-refractivity contribution in [2.75, 3.05) is 11.1 Å². The maximum Gasteiger partial charge on any atom is 0.0953 e. The molecule has 94 valence electrons. The Bertz CT molecular complexity index is 544. The number of anilines is 2. The minimum Gasteiger partial charge on any atom is -0.398 e. The van der Waals surface area contributed by atoms with Gasteiger partial charge >= 0.3 is 0 Å². The number of hydrogen-bond acceptors (Lipinski definition) is 3. The van der Waals surface area contributed by atoms with Gasteiger partial charge < -0.3 is 11.1 Å². The third-order valence-corrected chi connectivity index (χ3v) is 3.77. The number of rotatable bonds is 2. The van der Waals surface area contributed by atoms with E-state index in [9.17, 15) is 0 Å². The second kappa shape index (κ2) is 4.84. The monoisotopic (exact) mass is 241 g/mol. The van der Waals surface area contributed by atoms with Crippen LogP contribution < -0.4 is 11.1 Å². The molecule has 1 fully saturated rings. The Labute approximate surface area is 107 Å². The van der Waals surface area contributed by atoms with Gasteiger partial charge in [0.05, 0.1) is 11.2 Å². The molecule has 18 heavy (non-hydrogen) atoms. The average molecular weight is 241 g/mol. The van der Waals surface area contributed by atoms with Crippen molar-refractivity contribution < 1.29 is 0 Å². The smallest absolute Gasteiger partial charge is 0.0953 e. The summed E-state index contributed by atoms with van der Waals surface area (Å²) in [7, 11) is 0. The summed E-state index contributed by atoms with van der Waals surface area (Å²) >= 11 is 0. The number of nitrogens with zero attached hydrogens (tertiary/aromatic N) is 1. The zero-order valence-corrected chi connectivity index (χ0v) is 10.5. The molecule has 0 atom stereocenters. The molecule has 1 saturated carbocycles. The summed E-state index contributed by atoms with van der Waals surface area (Å²) in [4.78, 5) is 4.46. The summed E-state index contributed by atoms with van der Waals surface area (Å²) < 4.78 is 0. The highest BCUT2D eigenvalue weighted by atomic mass is 14.9. The zero-order valence-electron chi connectivity index (χ0n) is 10.5. The van der Waals surface area contributed by atoms with Gasteiger partial charge in [-0.05, 0) is 37.1 Å². The highest BCUT2D eigenvalue weighted by molar-refractivity contribution is 5.98. The molecule has 1 aliphatic rings. The van der Waals surface area contributed by atoms with Crippen LogP contribution in [0.2, 0.25) is 0 Å². The number of aromatic nitrogens is 1. The van der Waals surface area contributed by atoms with E-state index >= 15 is 0 Å². The lowest BCUT2D eigenvalue weighted by Gasteiger charge is -2.24. The molecule has 0 radical (unpaired) electrons. The summed E-state index contributed by atoms with van der Waals surface area (Å²) in [6, 6.07) is 8.58. The Balaban J connectivity index is 1.94. The fraction of sp³-hybridized carbons (Fsp3) is 0.400. The molecule has 1 aliphatic carbocycles. The molecule has 3 N–H and O–H groups in total. The largest absolute Gasteiger partial charge is 0.398 e. The molecule has 0 unspecified atom stereocenters. The summed E-state index contributed by atoms with van der Waals surface area (Å²) in [6.07, 6.45) is 8.39. The molecule has 0 aliphatic heterocycles. The fourth-order valence-corrected chi connectivity index (χ4v) is 2.78. The van der Waals surface area contributed by atoms with Gasteiger partial charge in [0.15, 0.2) is 0 Å². The Morgan fingerprint density at radius 1 is 1.11 bits per heavy atom. The van der Waals surface area contributed by atoms with Crippen LogP contribution in [0.3, 0.4) is 0 Å². The topological polar surface area (TPSA) is 50.9 Å². The maximum absolute atomic E-state index is 5.99. The normalized spacial score (nSPS) is 16.9. The predicted molar refractivity (Wildman–Crippen MR) is 76.7 cm³/mol. The average Bonchev–Trinajstić information content (AvgIpc) is 2.44. The Kier molecular flexibility index (Phi) is 3.05. The first-order valence-corrected chi connectivity index (χ1v) is 6.74. The fourth-order valence-electron chi connectivity index (χ4n) is 2.78. The molecule has 0 saturated heterocycles. The van der Waals surface area contributed by atoms with Gasteiger partial charge in [0.1, 0.15) is 0 Å².